The van der Waals surface area contributed by atoms with Gasteiger partial charge in [-0.2, -0.15) is 0 Å². The van der Waals surface area contributed by atoms with Crippen LogP contribution in [-0.2, 0) is 14.3 Å². The van der Waals surface area contributed by atoms with E-state index in [0.717, 1.165) is 16.7 Å². The van der Waals surface area contributed by atoms with Crippen molar-refractivity contribution < 1.29 is 28.6 Å². The van der Waals surface area contributed by atoms with Crippen LogP contribution in [0, 0.1) is 0 Å². The third-order valence-corrected chi connectivity index (χ3v) is 5.06. The highest BCUT2D eigenvalue weighted by atomic mass is 35.5. The van der Waals surface area contributed by atoms with Gasteiger partial charge in [-0.3, -0.25) is 9.59 Å². The largest absolute Gasteiger partial charge is 0.493 e. The standard InChI is InChI=1S/C20H16ClNO6S/c1-26-16-9-12(3-8-15(16)28-11-18(23)27-2)10-17-19(24)22(20(25)29-17)14-6-4-13(21)5-7-14/h3-10H,11H2,1-2H3. The van der Waals surface area contributed by atoms with Crippen molar-refractivity contribution in [2.24, 2.45) is 0 Å². The lowest BCUT2D eigenvalue weighted by molar-refractivity contribution is -0.142. The maximum Gasteiger partial charge on any atom is 0.343 e. The Balaban J connectivity index is 1.82. The molecule has 7 nitrogen and oxygen atoms in total. The number of amides is 2. The molecule has 0 radical (unpaired) electrons. The zero-order chi connectivity index (χ0) is 21.0. The first kappa shape index (κ1) is 20.8. The van der Waals surface area contributed by atoms with Gasteiger partial charge in [0.05, 0.1) is 24.8 Å². The van der Waals surface area contributed by atoms with E-state index in [9.17, 15) is 14.4 Å². The smallest absolute Gasteiger partial charge is 0.343 e. The predicted octanol–water partition coefficient (Wildman–Crippen LogP) is 4.14. The van der Waals surface area contributed by atoms with Crippen LogP contribution in [0.2, 0.25) is 5.02 Å². The lowest BCUT2D eigenvalue weighted by atomic mass is 10.2. The molecule has 2 aromatic carbocycles. The number of carbonyl (C=O) groups excluding carboxylic acids is 3. The highest BCUT2D eigenvalue weighted by Gasteiger charge is 2.36. The van der Waals surface area contributed by atoms with Crippen LogP contribution in [0.1, 0.15) is 5.56 Å². The molecule has 0 spiro atoms. The Labute approximate surface area is 176 Å². The molecule has 1 heterocycles. The average molecular weight is 434 g/mol. The van der Waals surface area contributed by atoms with Crippen molar-refractivity contribution in [2.75, 3.05) is 25.7 Å². The van der Waals surface area contributed by atoms with Crippen LogP contribution in [0.4, 0.5) is 10.5 Å². The summed E-state index contributed by atoms with van der Waals surface area (Å²) in [6, 6.07) is 11.4. The van der Waals surface area contributed by atoms with Crippen molar-refractivity contribution in [1.82, 2.24) is 0 Å². The van der Waals surface area contributed by atoms with Crippen molar-refractivity contribution in [2.45, 2.75) is 0 Å². The molecule has 0 unspecified atom stereocenters. The number of hydrogen-bond donors (Lipinski definition) is 0. The molecule has 0 saturated carbocycles. The van der Waals surface area contributed by atoms with Crippen LogP contribution in [0.15, 0.2) is 47.4 Å². The minimum atomic E-state index is -0.521. The lowest BCUT2D eigenvalue weighted by Gasteiger charge is -2.12. The minimum absolute atomic E-state index is 0.258. The van der Waals surface area contributed by atoms with Crippen molar-refractivity contribution in [3.05, 3.63) is 58.0 Å². The van der Waals surface area contributed by atoms with Crippen molar-refractivity contribution in [1.29, 1.82) is 0 Å². The molecular formula is C20H16ClNO6S. The first-order valence-electron chi connectivity index (χ1n) is 8.34. The third kappa shape index (κ3) is 4.72. The molecule has 0 N–H and O–H groups in total. The van der Waals surface area contributed by atoms with Gasteiger partial charge in [-0.05, 0) is 59.8 Å². The van der Waals surface area contributed by atoms with Gasteiger partial charge in [-0.15, -0.1) is 0 Å². The Morgan fingerprint density at radius 3 is 2.48 bits per heavy atom. The summed E-state index contributed by atoms with van der Waals surface area (Å²) in [5.74, 6) is -0.219. The first-order chi connectivity index (χ1) is 13.9. The number of benzene rings is 2. The molecule has 0 aromatic heterocycles. The zero-order valence-corrected chi connectivity index (χ0v) is 17.1. The van der Waals surface area contributed by atoms with Gasteiger partial charge in [0.25, 0.3) is 11.1 Å². The van der Waals surface area contributed by atoms with Gasteiger partial charge in [0.2, 0.25) is 0 Å². The number of methoxy groups -OCH3 is 2. The summed E-state index contributed by atoms with van der Waals surface area (Å²) in [4.78, 5) is 37.6. The number of halogens is 1. The lowest BCUT2D eigenvalue weighted by Crippen LogP contribution is -2.27. The fourth-order valence-corrected chi connectivity index (χ4v) is 3.49. The molecule has 0 atom stereocenters. The van der Waals surface area contributed by atoms with Crippen molar-refractivity contribution in [3.8, 4) is 11.5 Å². The second kappa shape index (κ2) is 9.02. The Morgan fingerprint density at radius 1 is 1.10 bits per heavy atom. The minimum Gasteiger partial charge on any atom is -0.493 e. The SMILES string of the molecule is COC(=O)COc1ccc(C=C2SC(=O)N(c3ccc(Cl)cc3)C2=O)cc1OC. The summed E-state index contributed by atoms with van der Waals surface area (Å²) in [5.41, 5.74) is 1.08. The molecule has 29 heavy (non-hydrogen) atoms. The number of anilines is 1. The maximum absolute atomic E-state index is 12.7. The van der Waals surface area contributed by atoms with E-state index < -0.39 is 17.1 Å². The quantitative estimate of drug-likeness (QED) is 0.500. The molecule has 0 aliphatic carbocycles. The van der Waals surface area contributed by atoms with Crippen molar-refractivity contribution in [3.63, 3.8) is 0 Å². The molecule has 1 saturated heterocycles. The first-order valence-corrected chi connectivity index (χ1v) is 9.53. The van der Waals surface area contributed by atoms with E-state index in [1.807, 2.05) is 0 Å². The molecule has 1 aliphatic heterocycles. The highest BCUT2D eigenvalue weighted by molar-refractivity contribution is 8.19. The molecule has 150 valence electrons. The summed E-state index contributed by atoms with van der Waals surface area (Å²) in [7, 11) is 2.72. The topological polar surface area (TPSA) is 82.1 Å². The van der Waals surface area contributed by atoms with Gasteiger partial charge in [-0.1, -0.05) is 17.7 Å². The summed E-state index contributed by atoms with van der Waals surface area (Å²) in [5, 5.41) is 0.117. The van der Waals surface area contributed by atoms with E-state index >= 15 is 0 Å². The Morgan fingerprint density at radius 2 is 1.83 bits per heavy atom. The second-order valence-corrected chi connectivity index (χ2v) is 7.20. The molecular weight excluding hydrogens is 418 g/mol. The number of nitrogens with zero attached hydrogens (tertiary/aromatic N) is 1. The molecule has 2 amide bonds. The number of thioether (sulfide) groups is 1. The molecule has 2 aromatic rings. The fourth-order valence-electron chi connectivity index (χ4n) is 2.52. The van der Waals surface area contributed by atoms with Gasteiger partial charge < -0.3 is 14.2 Å². The van der Waals surface area contributed by atoms with Crippen LogP contribution < -0.4 is 14.4 Å². The maximum atomic E-state index is 12.7. The molecule has 1 fully saturated rings. The van der Waals surface area contributed by atoms with Crippen LogP contribution in [0.25, 0.3) is 6.08 Å². The van der Waals surface area contributed by atoms with E-state index in [0.29, 0.717) is 27.8 Å². The van der Waals surface area contributed by atoms with Crippen molar-refractivity contribution >= 4 is 52.2 Å². The van der Waals surface area contributed by atoms with Gasteiger partial charge >= 0.3 is 5.97 Å². The molecule has 0 bridgehead atoms. The third-order valence-electron chi connectivity index (χ3n) is 3.94. The van der Waals surface area contributed by atoms with E-state index in [1.54, 1.807) is 48.5 Å². The fraction of sp³-hybridized carbons (Fsp3) is 0.150. The van der Waals surface area contributed by atoms with Gasteiger partial charge in [-0.25, -0.2) is 9.69 Å². The Hall–Kier alpha value is -2.97. The molecule has 1 aliphatic rings. The highest BCUT2D eigenvalue weighted by Crippen LogP contribution is 2.37. The zero-order valence-electron chi connectivity index (χ0n) is 15.5. The summed E-state index contributed by atoms with van der Waals surface area (Å²) in [6.45, 7) is -0.258. The summed E-state index contributed by atoms with van der Waals surface area (Å²) < 4.78 is 15.2. The Bertz CT molecular complexity index is 989. The van der Waals surface area contributed by atoms with Crippen LogP contribution >= 0.6 is 23.4 Å². The summed E-state index contributed by atoms with van der Waals surface area (Å²) in [6.07, 6.45) is 1.59. The number of rotatable bonds is 6. The van der Waals surface area contributed by atoms with E-state index in [4.69, 9.17) is 21.1 Å². The molecule has 9 heteroatoms. The Kier molecular flexibility index (Phi) is 6.46. The number of hydrogen-bond acceptors (Lipinski definition) is 7. The van der Waals surface area contributed by atoms with E-state index in [-0.39, 0.29) is 11.5 Å². The predicted molar refractivity (Wildman–Crippen MR) is 110 cm³/mol. The number of ether oxygens (including phenoxy) is 3. The van der Waals surface area contributed by atoms with E-state index in [1.165, 1.54) is 14.2 Å². The summed E-state index contributed by atoms with van der Waals surface area (Å²) >= 11 is 6.71. The van der Waals surface area contributed by atoms with Crippen LogP contribution in [0.3, 0.4) is 0 Å². The van der Waals surface area contributed by atoms with E-state index in [2.05, 4.69) is 4.74 Å². The second-order valence-electron chi connectivity index (χ2n) is 5.77. The molecule has 3 rings (SSSR count). The van der Waals surface area contributed by atoms with Gasteiger partial charge in [0.1, 0.15) is 0 Å². The van der Waals surface area contributed by atoms with Crippen LogP contribution in [0.5, 0.6) is 11.5 Å². The number of carbonyl (C=O) groups is 3. The van der Waals surface area contributed by atoms with Gasteiger partial charge in [0.15, 0.2) is 18.1 Å². The average Bonchev–Trinajstić information content (AvgIpc) is 3.00. The monoisotopic (exact) mass is 433 g/mol. The normalized spacial score (nSPS) is 15.0. The van der Waals surface area contributed by atoms with Crippen LogP contribution in [-0.4, -0.2) is 37.9 Å². The van der Waals surface area contributed by atoms with Gasteiger partial charge in [0, 0.05) is 5.02 Å². The number of esters is 1. The number of imide groups is 1.